The number of carbonyl (C=O) groups excluding carboxylic acids is 1. The molecule has 1 atom stereocenters. The Hall–Kier alpha value is -2.60. The number of halogens is 1. The SMILES string of the molecule is COc1cc2c(cc1OC)C(CNC(=O)C1CCCC1)N(Cc1ccccc1F)CC2. The summed E-state index contributed by atoms with van der Waals surface area (Å²) in [5.74, 6) is 1.43. The molecule has 2 aliphatic rings. The van der Waals surface area contributed by atoms with E-state index in [4.69, 9.17) is 9.47 Å². The Morgan fingerprint density at radius 1 is 1.13 bits per heavy atom. The van der Waals surface area contributed by atoms with Gasteiger partial charge in [-0.1, -0.05) is 31.0 Å². The Morgan fingerprint density at radius 3 is 2.55 bits per heavy atom. The normalized spacial score (nSPS) is 19.1. The summed E-state index contributed by atoms with van der Waals surface area (Å²) >= 11 is 0. The Morgan fingerprint density at radius 2 is 1.84 bits per heavy atom. The van der Waals surface area contributed by atoms with E-state index in [1.165, 1.54) is 11.6 Å². The lowest BCUT2D eigenvalue weighted by Gasteiger charge is -2.38. The van der Waals surface area contributed by atoms with Crippen LogP contribution < -0.4 is 14.8 Å². The average Bonchev–Trinajstić information content (AvgIpc) is 3.33. The maximum Gasteiger partial charge on any atom is 0.223 e. The van der Waals surface area contributed by atoms with Crippen LogP contribution in [0.25, 0.3) is 0 Å². The van der Waals surface area contributed by atoms with Crippen LogP contribution in [0.3, 0.4) is 0 Å². The zero-order valence-corrected chi connectivity index (χ0v) is 18.3. The minimum atomic E-state index is -0.200. The van der Waals surface area contributed by atoms with Crippen molar-refractivity contribution in [2.75, 3.05) is 27.3 Å². The van der Waals surface area contributed by atoms with Crippen molar-refractivity contribution < 1.29 is 18.7 Å². The van der Waals surface area contributed by atoms with E-state index in [0.29, 0.717) is 30.2 Å². The monoisotopic (exact) mass is 426 g/mol. The van der Waals surface area contributed by atoms with Crippen molar-refractivity contribution in [3.63, 3.8) is 0 Å². The van der Waals surface area contributed by atoms with Gasteiger partial charge in [-0.05, 0) is 48.6 Å². The second kappa shape index (κ2) is 9.69. The lowest BCUT2D eigenvalue weighted by Crippen LogP contribution is -2.43. The molecule has 1 heterocycles. The summed E-state index contributed by atoms with van der Waals surface area (Å²) in [6, 6.07) is 10.9. The number of ether oxygens (including phenoxy) is 2. The molecule has 1 N–H and O–H groups in total. The average molecular weight is 427 g/mol. The molecule has 1 aliphatic carbocycles. The maximum absolute atomic E-state index is 14.4. The number of amides is 1. The third-order valence-electron chi connectivity index (χ3n) is 6.64. The molecule has 31 heavy (non-hydrogen) atoms. The van der Waals surface area contributed by atoms with Gasteiger partial charge < -0.3 is 14.8 Å². The van der Waals surface area contributed by atoms with Gasteiger partial charge in [0.05, 0.1) is 20.3 Å². The summed E-state index contributed by atoms with van der Waals surface area (Å²) in [4.78, 5) is 15.0. The van der Waals surface area contributed by atoms with Crippen LogP contribution in [-0.2, 0) is 17.8 Å². The minimum absolute atomic E-state index is 0.0616. The fourth-order valence-corrected chi connectivity index (χ4v) is 4.88. The van der Waals surface area contributed by atoms with E-state index in [1.807, 2.05) is 24.3 Å². The van der Waals surface area contributed by atoms with Gasteiger partial charge in [0.2, 0.25) is 5.91 Å². The lowest BCUT2D eigenvalue weighted by atomic mass is 9.91. The second-order valence-corrected chi connectivity index (χ2v) is 8.46. The van der Waals surface area contributed by atoms with E-state index in [2.05, 4.69) is 10.2 Å². The van der Waals surface area contributed by atoms with E-state index < -0.39 is 0 Å². The molecule has 1 aliphatic heterocycles. The number of rotatable bonds is 7. The summed E-state index contributed by atoms with van der Waals surface area (Å²) < 4.78 is 25.4. The zero-order chi connectivity index (χ0) is 21.8. The molecule has 166 valence electrons. The summed E-state index contributed by atoms with van der Waals surface area (Å²) in [6.45, 7) is 1.76. The van der Waals surface area contributed by atoms with Crippen LogP contribution in [0.5, 0.6) is 11.5 Å². The van der Waals surface area contributed by atoms with Gasteiger partial charge in [-0.25, -0.2) is 4.39 Å². The van der Waals surface area contributed by atoms with Crippen LogP contribution in [-0.4, -0.2) is 38.1 Å². The standard InChI is InChI=1S/C25H31FN2O3/c1-30-23-13-18-11-12-28(16-19-9-5-6-10-21(19)26)22(20(18)14-24(23)31-2)15-27-25(29)17-7-3-4-8-17/h5-6,9-10,13-14,17,22H,3-4,7-8,11-12,15-16H2,1-2H3,(H,27,29). The predicted molar refractivity (Wildman–Crippen MR) is 118 cm³/mol. The van der Waals surface area contributed by atoms with Crippen molar-refractivity contribution >= 4 is 5.91 Å². The Labute approximate surface area is 183 Å². The largest absolute Gasteiger partial charge is 0.493 e. The van der Waals surface area contributed by atoms with Gasteiger partial charge in [0.1, 0.15) is 5.82 Å². The van der Waals surface area contributed by atoms with Crippen molar-refractivity contribution in [3.8, 4) is 11.5 Å². The number of nitrogens with one attached hydrogen (secondary N) is 1. The van der Waals surface area contributed by atoms with E-state index in [9.17, 15) is 9.18 Å². The quantitative estimate of drug-likeness (QED) is 0.719. The van der Waals surface area contributed by atoms with Crippen molar-refractivity contribution in [2.45, 2.75) is 44.7 Å². The van der Waals surface area contributed by atoms with E-state index in [-0.39, 0.29) is 23.7 Å². The molecule has 6 heteroatoms. The van der Waals surface area contributed by atoms with Crippen LogP contribution in [0.4, 0.5) is 4.39 Å². The van der Waals surface area contributed by atoms with Crippen molar-refractivity contribution in [1.29, 1.82) is 0 Å². The minimum Gasteiger partial charge on any atom is -0.493 e. The third-order valence-corrected chi connectivity index (χ3v) is 6.64. The molecule has 1 fully saturated rings. The molecule has 2 aromatic carbocycles. The molecule has 4 rings (SSSR count). The van der Waals surface area contributed by atoms with Gasteiger partial charge in [0.25, 0.3) is 0 Å². The van der Waals surface area contributed by atoms with Gasteiger partial charge in [-0.3, -0.25) is 9.69 Å². The van der Waals surface area contributed by atoms with Crippen LogP contribution in [0.1, 0.15) is 48.4 Å². The maximum atomic E-state index is 14.4. The fraction of sp³-hybridized carbons (Fsp3) is 0.480. The zero-order valence-electron chi connectivity index (χ0n) is 18.3. The first-order chi connectivity index (χ1) is 15.1. The summed E-state index contributed by atoms with van der Waals surface area (Å²) in [5, 5.41) is 3.19. The molecule has 2 aromatic rings. The lowest BCUT2D eigenvalue weighted by molar-refractivity contribution is -0.125. The van der Waals surface area contributed by atoms with Gasteiger partial charge in [-0.2, -0.15) is 0 Å². The summed E-state index contributed by atoms with van der Waals surface area (Å²) in [7, 11) is 3.26. The molecule has 0 spiro atoms. The molecule has 1 saturated carbocycles. The number of carbonyl (C=O) groups is 1. The fourth-order valence-electron chi connectivity index (χ4n) is 4.88. The molecule has 0 bridgehead atoms. The molecule has 0 radical (unpaired) electrons. The van der Waals surface area contributed by atoms with Crippen molar-refractivity contribution in [1.82, 2.24) is 10.2 Å². The Bertz CT molecular complexity index is 927. The van der Waals surface area contributed by atoms with Crippen LogP contribution in [0.2, 0.25) is 0 Å². The van der Waals surface area contributed by atoms with E-state index in [1.54, 1.807) is 20.3 Å². The van der Waals surface area contributed by atoms with Gasteiger partial charge in [-0.15, -0.1) is 0 Å². The van der Waals surface area contributed by atoms with Gasteiger partial charge in [0.15, 0.2) is 11.5 Å². The van der Waals surface area contributed by atoms with Crippen molar-refractivity contribution in [2.24, 2.45) is 5.92 Å². The summed E-state index contributed by atoms with van der Waals surface area (Å²) in [5.41, 5.74) is 2.95. The number of methoxy groups -OCH3 is 2. The predicted octanol–water partition coefficient (Wildman–Crippen LogP) is 4.25. The second-order valence-electron chi connectivity index (χ2n) is 8.46. The number of benzene rings is 2. The highest BCUT2D eigenvalue weighted by molar-refractivity contribution is 5.78. The molecule has 1 unspecified atom stereocenters. The molecule has 0 saturated heterocycles. The van der Waals surface area contributed by atoms with Gasteiger partial charge >= 0.3 is 0 Å². The Kier molecular flexibility index (Phi) is 6.76. The molecule has 5 nitrogen and oxygen atoms in total. The Balaban J connectivity index is 1.61. The number of nitrogens with zero attached hydrogens (tertiary/aromatic N) is 1. The molecule has 1 amide bonds. The first kappa shape index (κ1) is 21.6. The highest BCUT2D eigenvalue weighted by Gasteiger charge is 2.31. The van der Waals surface area contributed by atoms with E-state index in [0.717, 1.165) is 44.2 Å². The topological polar surface area (TPSA) is 50.8 Å². The molecular weight excluding hydrogens is 395 g/mol. The first-order valence-corrected chi connectivity index (χ1v) is 11.1. The number of hydrogen-bond donors (Lipinski definition) is 1. The van der Waals surface area contributed by atoms with E-state index >= 15 is 0 Å². The van der Waals surface area contributed by atoms with Gasteiger partial charge in [0, 0.05) is 31.1 Å². The first-order valence-electron chi connectivity index (χ1n) is 11.1. The number of fused-ring (bicyclic) bond motifs is 1. The highest BCUT2D eigenvalue weighted by Crippen LogP contribution is 2.38. The van der Waals surface area contributed by atoms with Crippen LogP contribution >= 0.6 is 0 Å². The number of hydrogen-bond acceptors (Lipinski definition) is 4. The van der Waals surface area contributed by atoms with Crippen LogP contribution in [0.15, 0.2) is 36.4 Å². The third kappa shape index (κ3) is 4.69. The molecule has 0 aromatic heterocycles. The van der Waals surface area contributed by atoms with Crippen molar-refractivity contribution in [3.05, 3.63) is 58.9 Å². The summed E-state index contributed by atoms with van der Waals surface area (Å²) in [6.07, 6.45) is 5.02. The smallest absolute Gasteiger partial charge is 0.223 e. The highest BCUT2D eigenvalue weighted by atomic mass is 19.1. The van der Waals surface area contributed by atoms with Crippen LogP contribution in [0, 0.1) is 11.7 Å². The molecular formula is C25H31FN2O3.